The normalized spacial score (nSPS) is 10.7. The van der Waals surface area contributed by atoms with Crippen molar-refractivity contribution in [3.05, 3.63) is 35.7 Å². The smallest absolute Gasteiger partial charge is 0.310 e. The van der Waals surface area contributed by atoms with Gasteiger partial charge in [-0.2, -0.15) is 0 Å². The Labute approximate surface area is 131 Å². The van der Waals surface area contributed by atoms with E-state index in [-0.39, 0.29) is 24.8 Å². The van der Waals surface area contributed by atoms with Crippen molar-refractivity contribution in [2.45, 2.75) is 33.1 Å². The van der Waals surface area contributed by atoms with Crippen LogP contribution in [-0.4, -0.2) is 30.2 Å². The number of ether oxygens (including phenoxy) is 2. The van der Waals surface area contributed by atoms with Gasteiger partial charge < -0.3 is 14.0 Å². The third-order valence-corrected chi connectivity index (χ3v) is 3.24. The molecule has 0 saturated heterocycles. The number of allylic oxidation sites excluding steroid dienone is 1. The van der Waals surface area contributed by atoms with Crippen molar-refractivity contribution >= 4 is 24.2 Å². The quantitative estimate of drug-likeness (QED) is 0.693. The van der Waals surface area contributed by atoms with Crippen LogP contribution in [0, 0.1) is 0 Å². The Bertz CT molecular complexity index is 569. The Morgan fingerprint density at radius 3 is 2.64 bits per heavy atom. The predicted molar refractivity (Wildman–Crippen MR) is 86.2 cm³/mol. The summed E-state index contributed by atoms with van der Waals surface area (Å²) in [6.45, 7) is 7.82. The van der Waals surface area contributed by atoms with E-state index in [4.69, 9.17) is 9.47 Å². The number of esters is 2. The van der Waals surface area contributed by atoms with Gasteiger partial charge in [0.15, 0.2) is 0 Å². The van der Waals surface area contributed by atoms with Gasteiger partial charge in [0.25, 0.3) is 0 Å². The number of hydrogen-bond acceptors (Lipinski definition) is 4. The largest absolute Gasteiger partial charge is 0.469 e. The highest BCUT2D eigenvalue weighted by Crippen LogP contribution is 2.22. The summed E-state index contributed by atoms with van der Waals surface area (Å²) in [4.78, 5) is 23.2. The van der Waals surface area contributed by atoms with Crippen LogP contribution < -0.4 is 0 Å². The van der Waals surface area contributed by atoms with Gasteiger partial charge in [-0.05, 0) is 37.5 Å². The zero-order valence-electron chi connectivity index (χ0n) is 13.4. The molecule has 0 aromatic carbocycles. The highest BCUT2D eigenvalue weighted by atomic mass is 16.5. The van der Waals surface area contributed by atoms with Gasteiger partial charge in [0, 0.05) is 24.5 Å². The van der Waals surface area contributed by atoms with Gasteiger partial charge in [-0.25, -0.2) is 0 Å². The number of methoxy groups -OCH3 is 1. The van der Waals surface area contributed by atoms with E-state index in [0.29, 0.717) is 13.0 Å². The van der Waals surface area contributed by atoms with Crippen LogP contribution in [-0.2, 0) is 31.9 Å². The zero-order valence-corrected chi connectivity index (χ0v) is 13.4. The van der Waals surface area contributed by atoms with Crippen molar-refractivity contribution in [1.82, 2.24) is 4.57 Å². The van der Waals surface area contributed by atoms with E-state index >= 15 is 0 Å². The lowest BCUT2D eigenvalue weighted by Gasteiger charge is -2.06. The summed E-state index contributed by atoms with van der Waals surface area (Å²) < 4.78 is 11.6. The molecule has 1 aromatic rings. The molecule has 5 heteroatoms. The van der Waals surface area contributed by atoms with Gasteiger partial charge in [0.05, 0.1) is 20.1 Å². The molecular formula is C17H23NO4. The number of hydrogen-bond donors (Lipinski definition) is 0. The first kappa shape index (κ1) is 17.8. The second-order valence-electron chi connectivity index (χ2n) is 4.67. The van der Waals surface area contributed by atoms with Crippen LogP contribution >= 0.6 is 0 Å². The van der Waals surface area contributed by atoms with Crippen molar-refractivity contribution in [1.29, 1.82) is 0 Å². The number of rotatable bonds is 8. The molecule has 0 radical (unpaired) electrons. The molecule has 120 valence electrons. The second-order valence-corrected chi connectivity index (χ2v) is 4.67. The van der Waals surface area contributed by atoms with Crippen LogP contribution in [0.1, 0.15) is 37.1 Å². The molecule has 1 aromatic heterocycles. The first-order valence-corrected chi connectivity index (χ1v) is 7.27. The summed E-state index contributed by atoms with van der Waals surface area (Å²) in [6, 6.07) is 0. The highest BCUT2D eigenvalue weighted by molar-refractivity contribution is 5.76. The summed E-state index contributed by atoms with van der Waals surface area (Å²) >= 11 is 0. The summed E-state index contributed by atoms with van der Waals surface area (Å²) in [7, 11) is 1.36. The van der Waals surface area contributed by atoms with E-state index in [2.05, 4.69) is 6.58 Å². The Kier molecular flexibility index (Phi) is 7.16. The SMILES string of the molecule is C=Cn1cc(CCC(=O)OCC)c(CC(=O)OC)c1/C=C\C. The number of aromatic nitrogens is 1. The van der Waals surface area contributed by atoms with Gasteiger partial charge in [-0.3, -0.25) is 9.59 Å². The third-order valence-electron chi connectivity index (χ3n) is 3.24. The molecular weight excluding hydrogens is 282 g/mol. The molecule has 0 aliphatic heterocycles. The van der Waals surface area contributed by atoms with Gasteiger partial charge in [0.1, 0.15) is 0 Å². The average Bonchev–Trinajstić information content (AvgIpc) is 2.83. The first-order valence-electron chi connectivity index (χ1n) is 7.27. The van der Waals surface area contributed by atoms with E-state index < -0.39 is 0 Å². The molecule has 0 spiro atoms. The average molecular weight is 305 g/mol. The number of carbonyl (C=O) groups is 2. The first-order chi connectivity index (χ1) is 10.6. The monoisotopic (exact) mass is 305 g/mol. The molecule has 22 heavy (non-hydrogen) atoms. The van der Waals surface area contributed by atoms with Crippen LogP contribution in [0.15, 0.2) is 18.9 Å². The minimum atomic E-state index is -0.315. The Hall–Kier alpha value is -2.30. The maximum atomic E-state index is 11.7. The second kappa shape index (κ2) is 8.87. The van der Waals surface area contributed by atoms with Gasteiger partial charge in [0.2, 0.25) is 0 Å². The maximum absolute atomic E-state index is 11.7. The van der Waals surface area contributed by atoms with Gasteiger partial charge >= 0.3 is 11.9 Å². The maximum Gasteiger partial charge on any atom is 0.310 e. The molecule has 0 bridgehead atoms. The minimum Gasteiger partial charge on any atom is -0.469 e. The van der Waals surface area contributed by atoms with Crippen molar-refractivity contribution in [2.75, 3.05) is 13.7 Å². The topological polar surface area (TPSA) is 57.5 Å². The molecule has 5 nitrogen and oxygen atoms in total. The number of carbonyl (C=O) groups excluding carboxylic acids is 2. The lowest BCUT2D eigenvalue weighted by Crippen LogP contribution is -2.09. The fraction of sp³-hybridized carbons (Fsp3) is 0.412. The van der Waals surface area contributed by atoms with Crippen LogP contribution in [0.4, 0.5) is 0 Å². The summed E-state index contributed by atoms with van der Waals surface area (Å²) in [5.74, 6) is -0.560. The van der Waals surface area contributed by atoms with Crippen molar-refractivity contribution < 1.29 is 19.1 Å². The fourth-order valence-corrected chi connectivity index (χ4v) is 2.24. The highest BCUT2D eigenvalue weighted by Gasteiger charge is 2.17. The van der Waals surface area contributed by atoms with E-state index in [9.17, 15) is 9.59 Å². The predicted octanol–water partition coefficient (Wildman–Crippen LogP) is 2.83. The Morgan fingerprint density at radius 2 is 2.09 bits per heavy atom. The molecule has 0 N–H and O–H groups in total. The molecule has 0 aliphatic carbocycles. The van der Waals surface area contributed by atoms with Crippen molar-refractivity contribution in [3.63, 3.8) is 0 Å². The van der Waals surface area contributed by atoms with E-state index in [0.717, 1.165) is 16.8 Å². The molecule has 1 heterocycles. The van der Waals surface area contributed by atoms with Gasteiger partial charge in [-0.1, -0.05) is 12.7 Å². The zero-order chi connectivity index (χ0) is 16.5. The number of aryl methyl sites for hydroxylation is 1. The van der Waals surface area contributed by atoms with Crippen molar-refractivity contribution in [3.8, 4) is 0 Å². The van der Waals surface area contributed by atoms with E-state index in [1.54, 1.807) is 13.1 Å². The molecule has 0 fully saturated rings. The molecule has 0 atom stereocenters. The molecule has 1 rings (SSSR count). The van der Waals surface area contributed by atoms with Crippen LogP contribution in [0.3, 0.4) is 0 Å². The van der Waals surface area contributed by atoms with Gasteiger partial charge in [-0.15, -0.1) is 0 Å². The molecule has 0 unspecified atom stereocenters. The molecule has 0 saturated carbocycles. The molecule has 0 aliphatic rings. The Balaban J connectivity index is 3.10. The van der Waals surface area contributed by atoms with E-state index in [1.165, 1.54) is 7.11 Å². The molecule has 0 amide bonds. The van der Waals surface area contributed by atoms with Crippen molar-refractivity contribution in [2.24, 2.45) is 0 Å². The number of nitrogens with zero attached hydrogens (tertiary/aromatic N) is 1. The summed E-state index contributed by atoms with van der Waals surface area (Å²) in [5, 5.41) is 0. The Morgan fingerprint density at radius 1 is 1.36 bits per heavy atom. The summed E-state index contributed by atoms with van der Waals surface area (Å²) in [5.41, 5.74) is 2.65. The van der Waals surface area contributed by atoms with Crippen LogP contribution in [0.5, 0.6) is 0 Å². The van der Waals surface area contributed by atoms with Crippen LogP contribution in [0.25, 0.3) is 12.3 Å². The van der Waals surface area contributed by atoms with Crippen LogP contribution in [0.2, 0.25) is 0 Å². The summed E-state index contributed by atoms with van der Waals surface area (Å²) in [6.07, 6.45) is 8.31. The lowest BCUT2D eigenvalue weighted by atomic mass is 10.0. The standard InChI is InChI=1S/C17H23NO4/c1-5-8-15-14(11-17(20)21-4)13(12-18(15)6-2)9-10-16(19)22-7-3/h5-6,8,12H,2,7,9-11H2,1,3-4H3/b8-5-. The minimum absolute atomic E-state index is 0.162. The fourth-order valence-electron chi connectivity index (χ4n) is 2.24. The lowest BCUT2D eigenvalue weighted by molar-refractivity contribution is -0.143. The third kappa shape index (κ3) is 4.62. The van der Waals surface area contributed by atoms with E-state index in [1.807, 2.05) is 29.8 Å².